The van der Waals surface area contributed by atoms with E-state index in [9.17, 15) is 18.0 Å². The zero-order valence-corrected chi connectivity index (χ0v) is 14.0. The first-order valence-corrected chi connectivity index (χ1v) is 8.31. The third kappa shape index (κ3) is 3.49. The van der Waals surface area contributed by atoms with Crippen LogP contribution in [0.15, 0.2) is 60.0 Å². The van der Waals surface area contributed by atoms with Crippen molar-refractivity contribution in [1.82, 2.24) is 4.98 Å². The number of Topliss-reactive ketones (excluding diaryl/α,β-unsaturated/α-hetero) is 1. The van der Waals surface area contributed by atoms with Crippen LogP contribution in [-0.4, -0.2) is 16.6 Å². The quantitative estimate of drug-likeness (QED) is 0.382. The number of halogens is 3. The van der Waals surface area contributed by atoms with Crippen LogP contribution in [0, 0.1) is 5.41 Å². The Morgan fingerprint density at radius 2 is 1.69 bits per heavy atom. The highest BCUT2D eigenvalue weighted by molar-refractivity contribution is 7.11. The van der Waals surface area contributed by atoms with Gasteiger partial charge in [0.25, 0.3) is 0 Å². The van der Waals surface area contributed by atoms with Gasteiger partial charge >= 0.3 is 6.18 Å². The summed E-state index contributed by atoms with van der Waals surface area (Å²) < 4.78 is 39.5. The molecule has 1 N–H and O–H groups in total. The molecule has 0 bridgehead atoms. The van der Waals surface area contributed by atoms with E-state index in [0.29, 0.717) is 5.69 Å². The molecular formula is C19H11F3N2OS. The Morgan fingerprint density at radius 3 is 2.35 bits per heavy atom. The van der Waals surface area contributed by atoms with Crippen molar-refractivity contribution in [3.05, 3.63) is 76.1 Å². The van der Waals surface area contributed by atoms with Crippen LogP contribution in [0.25, 0.3) is 16.8 Å². The number of allylic oxidation sites excluding steroid dienone is 1. The Bertz CT molecular complexity index is 1000. The van der Waals surface area contributed by atoms with Gasteiger partial charge in [0.1, 0.15) is 10.6 Å². The molecule has 26 heavy (non-hydrogen) atoms. The van der Waals surface area contributed by atoms with Crippen molar-refractivity contribution in [2.24, 2.45) is 0 Å². The van der Waals surface area contributed by atoms with Crippen LogP contribution in [0.1, 0.15) is 20.9 Å². The van der Waals surface area contributed by atoms with E-state index < -0.39 is 23.1 Å². The molecule has 0 aliphatic carbocycles. The number of hydrogen-bond donors (Lipinski definition) is 1. The van der Waals surface area contributed by atoms with Crippen LogP contribution in [0.4, 0.5) is 13.2 Å². The Balaban J connectivity index is 2.00. The molecule has 0 saturated heterocycles. The van der Waals surface area contributed by atoms with E-state index >= 15 is 0 Å². The van der Waals surface area contributed by atoms with Gasteiger partial charge in [-0.2, -0.15) is 13.2 Å². The van der Waals surface area contributed by atoms with E-state index in [4.69, 9.17) is 5.41 Å². The van der Waals surface area contributed by atoms with E-state index in [2.05, 4.69) is 4.98 Å². The SMILES string of the molecule is N=C=C(C(=O)c1ccccc1C(F)(F)F)c1nc(-c2ccccc2)cs1. The first-order chi connectivity index (χ1) is 12.4. The number of alkyl halides is 3. The van der Waals surface area contributed by atoms with Crippen LogP contribution in [0.5, 0.6) is 0 Å². The van der Waals surface area contributed by atoms with Crippen molar-refractivity contribution in [3.8, 4) is 11.3 Å². The Hall–Kier alpha value is -3.02. The van der Waals surface area contributed by atoms with Gasteiger partial charge in [0.05, 0.1) is 11.3 Å². The molecule has 0 saturated carbocycles. The zero-order valence-electron chi connectivity index (χ0n) is 13.2. The molecule has 0 fully saturated rings. The van der Waals surface area contributed by atoms with Crippen molar-refractivity contribution in [2.45, 2.75) is 6.18 Å². The van der Waals surface area contributed by atoms with Crippen LogP contribution < -0.4 is 0 Å². The number of carbonyl (C=O) groups excluding carboxylic acids is 1. The minimum atomic E-state index is -4.67. The number of rotatable bonds is 4. The minimum absolute atomic E-state index is 0.154. The predicted octanol–water partition coefficient (Wildman–Crippen LogP) is 5.34. The maximum atomic E-state index is 13.2. The molecule has 3 rings (SSSR count). The average Bonchev–Trinajstić information content (AvgIpc) is 3.12. The second kappa shape index (κ2) is 7.07. The van der Waals surface area contributed by atoms with Gasteiger partial charge < -0.3 is 0 Å². The summed E-state index contributed by atoms with van der Waals surface area (Å²) in [6.07, 6.45) is -4.67. The fourth-order valence-electron chi connectivity index (χ4n) is 2.40. The van der Waals surface area contributed by atoms with Crippen molar-refractivity contribution in [2.75, 3.05) is 0 Å². The summed E-state index contributed by atoms with van der Waals surface area (Å²) >= 11 is 1.08. The standard InChI is InChI=1S/C19H11F3N2OS/c20-19(21,22)15-9-5-4-8-13(15)17(25)14(10-23)18-24-16(11-26-18)12-6-2-1-3-7-12/h1-9,11,23H. The summed E-state index contributed by atoms with van der Waals surface area (Å²) in [7, 11) is 0. The highest BCUT2D eigenvalue weighted by Crippen LogP contribution is 2.34. The van der Waals surface area contributed by atoms with Crippen molar-refractivity contribution < 1.29 is 18.0 Å². The van der Waals surface area contributed by atoms with Gasteiger partial charge in [-0.1, -0.05) is 48.5 Å². The van der Waals surface area contributed by atoms with Crippen LogP contribution in [0.3, 0.4) is 0 Å². The van der Waals surface area contributed by atoms with Crippen LogP contribution in [-0.2, 0) is 6.18 Å². The van der Waals surface area contributed by atoms with Crippen LogP contribution >= 0.6 is 11.3 Å². The molecule has 0 atom stereocenters. The maximum absolute atomic E-state index is 13.2. The third-order valence-electron chi connectivity index (χ3n) is 3.62. The molecule has 130 valence electrons. The molecule has 0 amide bonds. The molecule has 1 heterocycles. The summed E-state index contributed by atoms with van der Waals surface area (Å²) in [6, 6.07) is 13.6. The van der Waals surface area contributed by atoms with E-state index in [1.54, 1.807) is 5.38 Å². The summed E-state index contributed by atoms with van der Waals surface area (Å²) in [5.74, 6) is 1.03. The third-order valence-corrected chi connectivity index (χ3v) is 4.48. The lowest BCUT2D eigenvalue weighted by Crippen LogP contribution is -2.14. The first-order valence-electron chi connectivity index (χ1n) is 7.43. The van der Waals surface area contributed by atoms with E-state index in [0.717, 1.165) is 29.0 Å². The molecule has 2 aromatic carbocycles. The number of thiazole rings is 1. The molecule has 3 aromatic rings. The number of aromatic nitrogens is 1. The molecule has 1 aromatic heterocycles. The highest BCUT2D eigenvalue weighted by Gasteiger charge is 2.36. The fraction of sp³-hybridized carbons (Fsp3) is 0.0526. The maximum Gasteiger partial charge on any atom is 0.417 e. The van der Waals surface area contributed by atoms with Gasteiger partial charge in [0.2, 0.25) is 5.78 Å². The van der Waals surface area contributed by atoms with E-state index in [-0.39, 0.29) is 10.6 Å². The van der Waals surface area contributed by atoms with Crippen molar-refractivity contribution in [1.29, 1.82) is 5.41 Å². The number of benzene rings is 2. The van der Waals surface area contributed by atoms with E-state index in [1.807, 2.05) is 36.2 Å². The predicted molar refractivity (Wildman–Crippen MR) is 94.5 cm³/mol. The summed E-state index contributed by atoms with van der Waals surface area (Å²) in [5.41, 5.74) is -0.476. The number of carbonyl (C=O) groups is 1. The van der Waals surface area contributed by atoms with Crippen molar-refractivity contribution in [3.63, 3.8) is 0 Å². The topological polar surface area (TPSA) is 53.8 Å². The molecule has 0 radical (unpaired) electrons. The average molecular weight is 372 g/mol. The molecule has 0 aliphatic heterocycles. The van der Waals surface area contributed by atoms with Gasteiger partial charge in [-0.3, -0.25) is 10.2 Å². The lowest BCUT2D eigenvalue weighted by Gasteiger charge is -2.11. The van der Waals surface area contributed by atoms with Gasteiger partial charge in [-0.15, -0.1) is 11.3 Å². The number of ketones is 1. The number of nitrogens with zero attached hydrogens (tertiary/aromatic N) is 1. The van der Waals surface area contributed by atoms with Crippen LogP contribution in [0.2, 0.25) is 0 Å². The second-order valence-corrected chi connectivity index (χ2v) is 6.13. The van der Waals surface area contributed by atoms with Gasteiger partial charge in [0.15, 0.2) is 0 Å². The van der Waals surface area contributed by atoms with Gasteiger partial charge in [0, 0.05) is 16.5 Å². The lowest BCUT2D eigenvalue weighted by molar-refractivity contribution is -0.137. The number of nitrogens with one attached hydrogen (secondary N) is 1. The summed E-state index contributed by atoms with van der Waals surface area (Å²) in [4.78, 5) is 16.9. The smallest absolute Gasteiger partial charge is 0.288 e. The van der Waals surface area contributed by atoms with Gasteiger partial charge in [-0.05, 0) is 11.9 Å². The van der Waals surface area contributed by atoms with Gasteiger partial charge in [-0.25, -0.2) is 4.98 Å². The fourth-order valence-corrected chi connectivity index (χ4v) is 3.23. The molecular weight excluding hydrogens is 361 g/mol. The molecule has 0 aliphatic rings. The zero-order chi connectivity index (χ0) is 18.7. The molecule has 0 unspecified atom stereocenters. The van der Waals surface area contributed by atoms with Crippen molar-refractivity contribution >= 4 is 28.6 Å². The first kappa shape index (κ1) is 17.8. The molecule has 0 spiro atoms. The molecule has 7 heteroatoms. The Morgan fingerprint density at radius 1 is 1.04 bits per heavy atom. The second-order valence-electron chi connectivity index (χ2n) is 5.28. The highest BCUT2D eigenvalue weighted by atomic mass is 32.1. The summed E-state index contributed by atoms with van der Waals surface area (Å²) in [6.45, 7) is 0. The van der Waals surface area contributed by atoms with E-state index in [1.165, 1.54) is 12.1 Å². The Labute approximate surface area is 151 Å². The largest absolute Gasteiger partial charge is 0.417 e. The lowest BCUT2D eigenvalue weighted by atomic mass is 9.99. The summed E-state index contributed by atoms with van der Waals surface area (Å²) in [5, 5.41) is 9.23. The monoisotopic (exact) mass is 372 g/mol. The Kier molecular flexibility index (Phi) is 4.84. The molecule has 3 nitrogen and oxygen atoms in total. The normalized spacial score (nSPS) is 11.0. The number of hydrogen-bond acceptors (Lipinski definition) is 4. The minimum Gasteiger partial charge on any atom is -0.288 e.